The van der Waals surface area contributed by atoms with Crippen LogP contribution in [0.4, 0.5) is 4.79 Å². The first-order valence-corrected chi connectivity index (χ1v) is 17.3. The molecule has 3 rings (SSSR count). The van der Waals surface area contributed by atoms with Crippen LogP contribution in [-0.2, 0) is 19.6 Å². The number of hydrogen-bond acceptors (Lipinski definition) is 6. The summed E-state index contributed by atoms with van der Waals surface area (Å²) in [5.41, 5.74) is 2.69. The fraction of sp³-hybridized carbons (Fsp3) is 0.444. The summed E-state index contributed by atoms with van der Waals surface area (Å²) in [6.45, 7) is 8.24. The second-order valence-corrected chi connectivity index (χ2v) is 14.2. The molecule has 2 unspecified atom stereocenters. The van der Waals surface area contributed by atoms with Gasteiger partial charge in [-0.2, -0.15) is 4.31 Å². The molecule has 10 heteroatoms. The Morgan fingerprint density at radius 1 is 0.870 bits per heavy atom. The summed E-state index contributed by atoms with van der Waals surface area (Å²) in [6.07, 6.45) is 0.894. The molecule has 0 saturated heterocycles. The Balaban J connectivity index is 1.75. The van der Waals surface area contributed by atoms with Crippen molar-refractivity contribution >= 4 is 22.0 Å². The molecule has 0 fully saturated rings. The number of benzene rings is 3. The van der Waals surface area contributed by atoms with E-state index in [4.69, 9.17) is 4.74 Å². The highest BCUT2D eigenvalue weighted by atomic mass is 32.2. The zero-order valence-electron chi connectivity index (χ0n) is 27.6. The third kappa shape index (κ3) is 10.4. The van der Waals surface area contributed by atoms with Crippen molar-refractivity contribution in [3.63, 3.8) is 0 Å². The molecular formula is C36H49N3O6S. The van der Waals surface area contributed by atoms with Gasteiger partial charge < -0.3 is 20.5 Å². The average molecular weight is 652 g/mol. The molecule has 0 aromatic heterocycles. The van der Waals surface area contributed by atoms with Crippen LogP contribution < -0.4 is 10.6 Å². The zero-order chi connectivity index (χ0) is 33.7. The van der Waals surface area contributed by atoms with Crippen molar-refractivity contribution in [1.82, 2.24) is 14.9 Å². The molecule has 3 aromatic carbocycles. The van der Waals surface area contributed by atoms with Gasteiger partial charge in [-0.1, -0.05) is 99.1 Å². The number of aliphatic hydroxyl groups excluding tert-OH is 1. The smallest absolute Gasteiger partial charge is 0.407 e. The summed E-state index contributed by atoms with van der Waals surface area (Å²) >= 11 is 0. The minimum absolute atomic E-state index is 0.0294. The van der Waals surface area contributed by atoms with E-state index in [0.717, 1.165) is 16.7 Å². The quantitative estimate of drug-likeness (QED) is 0.178. The largest absolute Gasteiger partial charge is 0.453 e. The fourth-order valence-electron chi connectivity index (χ4n) is 5.53. The number of nitrogens with zero attached hydrogens (tertiary/aromatic N) is 1. The molecule has 3 atom stereocenters. The molecule has 0 saturated carbocycles. The highest BCUT2D eigenvalue weighted by Gasteiger charge is 2.34. The lowest BCUT2D eigenvalue weighted by Gasteiger charge is -2.32. The third-order valence-corrected chi connectivity index (χ3v) is 10.1. The Hall–Kier alpha value is -3.73. The Labute approximate surface area is 274 Å². The normalized spacial score (nSPS) is 13.8. The predicted molar refractivity (Wildman–Crippen MR) is 181 cm³/mol. The van der Waals surface area contributed by atoms with Crippen LogP contribution in [0.25, 0.3) is 0 Å². The number of carbonyl (C=O) groups excluding carboxylic acids is 2. The van der Waals surface area contributed by atoms with Crippen LogP contribution in [0.1, 0.15) is 62.6 Å². The van der Waals surface area contributed by atoms with Gasteiger partial charge in [-0.05, 0) is 61.3 Å². The number of alkyl carbamates (subject to hydrolysis) is 1. The highest BCUT2D eigenvalue weighted by molar-refractivity contribution is 7.89. The number of sulfonamides is 1. The van der Waals surface area contributed by atoms with Gasteiger partial charge >= 0.3 is 6.09 Å². The van der Waals surface area contributed by atoms with Gasteiger partial charge in [-0.15, -0.1) is 0 Å². The van der Waals surface area contributed by atoms with E-state index in [1.54, 1.807) is 24.3 Å². The molecule has 0 spiro atoms. The van der Waals surface area contributed by atoms with Crippen LogP contribution >= 0.6 is 0 Å². The maximum Gasteiger partial charge on any atom is 0.407 e. The van der Waals surface area contributed by atoms with Crippen LogP contribution in [0.3, 0.4) is 0 Å². The zero-order valence-corrected chi connectivity index (χ0v) is 28.4. The number of amides is 2. The van der Waals surface area contributed by atoms with Gasteiger partial charge in [0, 0.05) is 25.0 Å². The van der Waals surface area contributed by atoms with E-state index >= 15 is 0 Å². The van der Waals surface area contributed by atoms with Crippen molar-refractivity contribution in [3.8, 4) is 0 Å². The van der Waals surface area contributed by atoms with E-state index in [0.29, 0.717) is 32.4 Å². The first-order chi connectivity index (χ1) is 22.0. The second kappa shape index (κ2) is 17.8. The van der Waals surface area contributed by atoms with Crippen LogP contribution in [0.15, 0.2) is 89.8 Å². The molecule has 3 N–H and O–H groups in total. The number of methoxy groups -OCH3 is 1. The summed E-state index contributed by atoms with van der Waals surface area (Å²) in [4.78, 5) is 26.3. The SMILES string of the molecule is COC(=O)N[C@H](C(=O)NCCC(C)CC(CO)N(CCC(C)C)S(=O)(=O)c1ccc(C)cc1)C(c1ccccc1)c1ccccc1. The van der Waals surface area contributed by atoms with Crippen LogP contribution in [0, 0.1) is 18.8 Å². The van der Waals surface area contributed by atoms with Crippen molar-refractivity contribution in [2.24, 2.45) is 11.8 Å². The summed E-state index contributed by atoms with van der Waals surface area (Å²) in [5, 5.41) is 16.1. The average Bonchev–Trinajstić information content (AvgIpc) is 3.04. The standard InChI is InChI=1S/C36H49N3O6S/c1-26(2)21-23-39(46(43,44)32-18-16-27(3)17-19-32)31(25-40)24-28(4)20-22-37-35(41)34(38-36(42)45-5)33(29-12-8-6-9-13-29)30-14-10-7-11-15-30/h6-19,26,28,31,33-34,40H,20-25H2,1-5H3,(H,37,41)(H,38,42)/t28?,31?,34-/m0/s1. The van der Waals surface area contributed by atoms with Crippen LogP contribution in [0.5, 0.6) is 0 Å². The molecule has 0 radical (unpaired) electrons. The molecule has 0 aliphatic carbocycles. The van der Waals surface area contributed by atoms with Gasteiger partial charge in [-0.25, -0.2) is 13.2 Å². The number of aliphatic hydroxyl groups is 1. The summed E-state index contributed by atoms with van der Waals surface area (Å²) in [6, 6.07) is 24.2. The number of aryl methyl sites for hydroxylation is 1. The highest BCUT2D eigenvalue weighted by Crippen LogP contribution is 2.29. The topological polar surface area (TPSA) is 125 Å². The second-order valence-electron chi connectivity index (χ2n) is 12.3. The lowest BCUT2D eigenvalue weighted by Crippen LogP contribution is -2.50. The van der Waals surface area contributed by atoms with Crippen molar-refractivity contribution in [1.29, 1.82) is 0 Å². The number of ether oxygens (including phenoxy) is 1. The monoisotopic (exact) mass is 651 g/mol. The number of rotatable bonds is 17. The Morgan fingerprint density at radius 2 is 1.43 bits per heavy atom. The maximum absolute atomic E-state index is 13.7. The molecule has 9 nitrogen and oxygen atoms in total. The Morgan fingerprint density at radius 3 is 1.93 bits per heavy atom. The summed E-state index contributed by atoms with van der Waals surface area (Å²) in [7, 11) is -2.58. The van der Waals surface area contributed by atoms with Crippen molar-refractivity contribution in [2.75, 3.05) is 26.8 Å². The molecule has 0 aliphatic rings. The van der Waals surface area contributed by atoms with Gasteiger partial charge in [0.05, 0.1) is 18.6 Å². The molecule has 46 heavy (non-hydrogen) atoms. The van der Waals surface area contributed by atoms with E-state index in [-0.39, 0.29) is 29.2 Å². The van der Waals surface area contributed by atoms with Crippen molar-refractivity contribution in [3.05, 3.63) is 102 Å². The molecule has 3 aromatic rings. The van der Waals surface area contributed by atoms with Gasteiger partial charge in [0.1, 0.15) is 6.04 Å². The van der Waals surface area contributed by atoms with E-state index in [1.165, 1.54) is 11.4 Å². The number of carbonyl (C=O) groups is 2. The van der Waals surface area contributed by atoms with Crippen molar-refractivity contribution < 1.29 is 27.9 Å². The van der Waals surface area contributed by atoms with E-state index in [2.05, 4.69) is 10.6 Å². The van der Waals surface area contributed by atoms with Gasteiger partial charge in [0.2, 0.25) is 15.9 Å². The van der Waals surface area contributed by atoms with E-state index in [9.17, 15) is 23.1 Å². The summed E-state index contributed by atoms with van der Waals surface area (Å²) in [5.74, 6) is -0.586. The molecule has 0 aliphatic heterocycles. The summed E-state index contributed by atoms with van der Waals surface area (Å²) < 4.78 is 33.8. The van der Waals surface area contributed by atoms with Gasteiger partial charge in [-0.3, -0.25) is 4.79 Å². The van der Waals surface area contributed by atoms with Crippen LogP contribution in [0.2, 0.25) is 0 Å². The predicted octanol–water partition coefficient (Wildman–Crippen LogP) is 5.48. The van der Waals surface area contributed by atoms with E-state index in [1.807, 2.05) is 88.4 Å². The minimum Gasteiger partial charge on any atom is -0.453 e. The first kappa shape index (κ1) is 36.7. The lowest BCUT2D eigenvalue weighted by molar-refractivity contribution is -0.123. The Kier molecular flexibility index (Phi) is 14.2. The number of hydrogen-bond donors (Lipinski definition) is 3. The minimum atomic E-state index is -3.84. The molecule has 2 amide bonds. The maximum atomic E-state index is 13.7. The Bertz CT molecular complexity index is 1430. The third-order valence-electron chi connectivity index (χ3n) is 8.18. The molecule has 0 bridgehead atoms. The van der Waals surface area contributed by atoms with Crippen LogP contribution in [-0.4, -0.2) is 68.7 Å². The van der Waals surface area contributed by atoms with Gasteiger partial charge in [0.25, 0.3) is 0 Å². The molecule has 250 valence electrons. The fourth-order valence-corrected chi connectivity index (χ4v) is 7.17. The lowest BCUT2D eigenvalue weighted by atomic mass is 9.84. The van der Waals surface area contributed by atoms with E-state index < -0.39 is 34.1 Å². The molecule has 0 heterocycles. The number of nitrogens with one attached hydrogen (secondary N) is 2. The molecular weight excluding hydrogens is 602 g/mol. The van der Waals surface area contributed by atoms with Gasteiger partial charge in [0.15, 0.2) is 0 Å². The first-order valence-electron chi connectivity index (χ1n) is 15.9. The van der Waals surface area contributed by atoms with Crippen molar-refractivity contribution in [2.45, 2.75) is 69.9 Å².